The molecule has 2 heteroatoms. The van der Waals surface area contributed by atoms with E-state index in [1.165, 1.54) is 5.57 Å². The first-order chi connectivity index (χ1) is 7.50. The molecule has 0 aromatic heterocycles. The molecule has 0 aliphatic rings. The fraction of sp³-hybridized carbons (Fsp3) is 0.357. The van der Waals surface area contributed by atoms with Gasteiger partial charge in [0.05, 0.1) is 0 Å². The molecule has 0 aliphatic heterocycles. The number of rotatable bonds is 4. The Balaban J connectivity index is 2.94. The SMILES string of the molecule is CC(=O)C(CC=C(C)C)c1cccc(Cl)c1. The van der Waals surface area contributed by atoms with E-state index in [-0.39, 0.29) is 11.7 Å². The molecule has 86 valence electrons. The van der Waals surface area contributed by atoms with Crippen LogP contribution in [0.4, 0.5) is 0 Å². The summed E-state index contributed by atoms with van der Waals surface area (Å²) in [5.74, 6) is 0.105. The highest BCUT2D eigenvalue weighted by molar-refractivity contribution is 6.30. The first-order valence-electron chi connectivity index (χ1n) is 5.40. The van der Waals surface area contributed by atoms with E-state index in [2.05, 4.69) is 6.08 Å². The van der Waals surface area contributed by atoms with Gasteiger partial charge in [0.15, 0.2) is 0 Å². The van der Waals surface area contributed by atoms with Crippen molar-refractivity contribution in [2.24, 2.45) is 0 Å². The average Bonchev–Trinajstić information content (AvgIpc) is 2.17. The molecule has 0 radical (unpaired) electrons. The van der Waals surface area contributed by atoms with Crippen LogP contribution in [0.1, 0.15) is 38.7 Å². The Kier molecular flexibility index (Phi) is 4.75. The quantitative estimate of drug-likeness (QED) is 0.710. The third-order valence-electron chi connectivity index (χ3n) is 2.50. The van der Waals surface area contributed by atoms with E-state index in [9.17, 15) is 4.79 Å². The number of ketones is 1. The molecule has 16 heavy (non-hydrogen) atoms. The van der Waals surface area contributed by atoms with Crippen molar-refractivity contribution in [1.82, 2.24) is 0 Å². The lowest BCUT2D eigenvalue weighted by Gasteiger charge is -2.12. The molecule has 0 amide bonds. The lowest BCUT2D eigenvalue weighted by molar-refractivity contribution is -0.118. The largest absolute Gasteiger partial charge is 0.299 e. The summed E-state index contributed by atoms with van der Waals surface area (Å²) in [4.78, 5) is 11.6. The van der Waals surface area contributed by atoms with Crippen LogP contribution in [0.15, 0.2) is 35.9 Å². The van der Waals surface area contributed by atoms with Crippen LogP contribution in [-0.4, -0.2) is 5.78 Å². The van der Waals surface area contributed by atoms with E-state index in [1.54, 1.807) is 6.92 Å². The minimum absolute atomic E-state index is 0.0754. The molecule has 1 rings (SSSR count). The molecule has 0 saturated heterocycles. The van der Waals surface area contributed by atoms with Gasteiger partial charge in [0.25, 0.3) is 0 Å². The number of benzene rings is 1. The maximum atomic E-state index is 11.6. The number of carbonyl (C=O) groups is 1. The summed E-state index contributed by atoms with van der Waals surface area (Å²) < 4.78 is 0. The third kappa shape index (κ3) is 3.82. The Labute approximate surface area is 102 Å². The molecular weight excluding hydrogens is 220 g/mol. The molecule has 1 atom stereocenters. The van der Waals surface area contributed by atoms with Crippen LogP contribution in [-0.2, 0) is 4.79 Å². The monoisotopic (exact) mass is 236 g/mol. The number of hydrogen-bond acceptors (Lipinski definition) is 1. The van der Waals surface area contributed by atoms with Crippen molar-refractivity contribution in [3.63, 3.8) is 0 Å². The van der Waals surface area contributed by atoms with E-state index in [1.807, 2.05) is 38.1 Å². The Morgan fingerprint density at radius 2 is 2.06 bits per heavy atom. The van der Waals surface area contributed by atoms with E-state index >= 15 is 0 Å². The maximum absolute atomic E-state index is 11.6. The first-order valence-corrected chi connectivity index (χ1v) is 5.77. The molecule has 0 bridgehead atoms. The highest BCUT2D eigenvalue weighted by Gasteiger charge is 2.15. The molecular formula is C14H17ClO. The second kappa shape index (κ2) is 5.86. The second-order valence-corrected chi connectivity index (χ2v) is 4.67. The Hall–Kier alpha value is -1.08. The van der Waals surface area contributed by atoms with Gasteiger partial charge in [0.2, 0.25) is 0 Å². The van der Waals surface area contributed by atoms with Gasteiger partial charge < -0.3 is 0 Å². The number of halogens is 1. The van der Waals surface area contributed by atoms with Crippen LogP contribution >= 0.6 is 11.6 Å². The topological polar surface area (TPSA) is 17.1 Å². The summed E-state index contributed by atoms with van der Waals surface area (Å²) in [6.07, 6.45) is 2.84. The number of Topliss-reactive ketones (excluding diaryl/α,β-unsaturated/α-hetero) is 1. The second-order valence-electron chi connectivity index (χ2n) is 4.24. The van der Waals surface area contributed by atoms with Crippen molar-refractivity contribution in [2.45, 2.75) is 33.1 Å². The van der Waals surface area contributed by atoms with Crippen molar-refractivity contribution in [3.05, 3.63) is 46.5 Å². The molecule has 0 spiro atoms. The normalized spacial score (nSPS) is 12.0. The Morgan fingerprint density at radius 3 is 2.56 bits per heavy atom. The van der Waals surface area contributed by atoms with Crippen LogP contribution in [0.5, 0.6) is 0 Å². The van der Waals surface area contributed by atoms with E-state index in [0.29, 0.717) is 5.02 Å². The molecule has 1 aromatic carbocycles. The summed E-state index contributed by atoms with van der Waals surface area (Å²) in [5.41, 5.74) is 2.23. The summed E-state index contributed by atoms with van der Waals surface area (Å²) in [5, 5.41) is 0.681. The van der Waals surface area contributed by atoms with Gasteiger partial charge in [0, 0.05) is 10.9 Å². The minimum Gasteiger partial charge on any atom is -0.299 e. The van der Waals surface area contributed by atoms with Gasteiger partial charge in [-0.15, -0.1) is 0 Å². The lowest BCUT2D eigenvalue weighted by atomic mass is 9.91. The van der Waals surface area contributed by atoms with E-state index < -0.39 is 0 Å². The Bertz CT molecular complexity index is 403. The highest BCUT2D eigenvalue weighted by atomic mass is 35.5. The zero-order chi connectivity index (χ0) is 12.1. The summed E-state index contributed by atoms with van der Waals surface area (Å²) in [6, 6.07) is 7.53. The van der Waals surface area contributed by atoms with Crippen LogP contribution in [0, 0.1) is 0 Å². The van der Waals surface area contributed by atoms with E-state index in [4.69, 9.17) is 11.6 Å². The van der Waals surface area contributed by atoms with Gasteiger partial charge in [-0.05, 0) is 44.9 Å². The molecule has 0 heterocycles. The molecule has 1 nitrogen and oxygen atoms in total. The molecule has 0 saturated carbocycles. The molecule has 0 N–H and O–H groups in total. The van der Waals surface area contributed by atoms with Gasteiger partial charge in [-0.25, -0.2) is 0 Å². The van der Waals surface area contributed by atoms with Gasteiger partial charge in [0.1, 0.15) is 5.78 Å². The molecule has 1 unspecified atom stereocenters. The zero-order valence-corrected chi connectivity index (χ0v) is 10.7. The zero-order valence-electron chi connectivity index (χ0n) is 9.96. The highest BCUT2D eigenvalue weighted by Crippen LogP contribution is 2.24. The van der Waals surface area contributed by atoms with Crippen molar-refractivity contribution < 1.29 is 4.79 Å². The van der Waals surface area contributed by atoms with E-state index in [0.717, 1.165) is 12.0 Å². The van der Waals surface area contributed by atoms with Crippen molar-refractivity contribution in [2.75, 3.05) is 0 Å². The number of hydrogen-bond donors (Lipinski definition) is 0. The van der Waals surface area contributed by atoms with Crippen molar-refractivity contribution in [3.8, 4) is 0 Å². The van der Waals surface area contributed by atoms with Crippen LogP contribution in [0.2, 0.25) is 5.02 Å². The fourth-order valence-electron chi connectivity index (χ4n) is 1.61. The minimum atomic E-state index is -0.0754. The summed E-state index contributed by atoms with van der Waals surface area (Å²) in [7, 11) is 0. The third-order valence-corrected chi connectivity index (χ3v) is 2.74. The lowest BCUT2D eigenvalue weighted by Crippen LogP contribution is -2.08. The predicted octanol–water partition coefficient (Wildman–Crippen LogP) is 4.37. The standard InChI is InChI=1S/C14H17ClO/c1-10(2)7-8-14(11(3)16)12-5-4-6-13(15)9-12/h4-7,9,14H,8H2,1-3H3. The number of allylic oxidation sites excluding steroid dienone is 2. The smallest absolute Gasteiger partial charge is 0.137 e. The fourth-order valence-corrected chi connectivity index (χ4v) is 1.81. The molecule has 0 aliphatic carbocycles. The van der Waals surface area contributed by atoms with Crippen LogP contribution in [0.3, 0.4) is 0 Å². The van der Waals surface area contributed by atoms with Crippen LogP contribution in [0.25, 0.3) is 0 Å². The van der Waals surface area contributed by atoms with Gasteiger partial charge in [-0.3, -0.25) is 4.79 Å². The summed E-state index contributed by atoms with van der Waals surface area (Å²) >= 11 is 5.93. The van der Waals surface area contributed by atoms with Crippen molar-refractivity contribution >= 4 is 17.4 Å². The average molecular weight is 237 g/mol. The van der Waals surface area contributed by atoms with Gasteiger partial charge in [-0.1, -0.05) is 35.4 Å². The van der Waals surface area contributed by atoms with Gasteiger partial charge in [-0.2, -0.15) is 0 Å². The molecule has 1 aromatic rings. The van der Waals surface area contributed by atoms with Crippen molar-refractivity contribution in [1.29, 1.82) is 0 Å². The van der Waals surface area contributed by atoms with Gasteiger partial charge >= 0.3 is 0 Å². The first kappa shape index (κ1) is 13.0. The van der Waals surface area contributed by atoms with Crippen LogP contribution < -0.4 is 0 Å². The Morgan fingerprint density at radius 1 is 1.38 bits per heavy atom. The number of carbonyl (C=O) groups excluding carboxylic acids is 1. The summed E-state index contributed by atoms with van der Waals surface area (Å²) in [6.45, 7) is 5.70. The molecule has 0 fully saturated rings. The maximum Gasteiger partial charge on any atom is 0.137 e. The predicted molar refractivity (Wildman–Crippen MR) is 68.9 cm³/mol.